The fourth-order valence-corrected chi connectivity index (χ4v) is 1.25. The molecule has 0 aliphatic rings. The maximum absolute atomic E-state index is 11.1. The highest BCUT2D eigenvalue weighted by atomic mass is 79.9. The lowest BCUT2D eigenvalue weighted by atomic mass is 10.4. The molecule has 12 heavy (non-hydrogen) atoms. The molecule has 0 radical (unpaired) electrons. The fraction of sp³-hybridized carbons (Fsp3) is 0.286. The zero-order chi connectivity index (χ0) is 9.14. The highest BCUT2D eigenvalue weighted by Gasteiger charge is 2.11. The first-order valence-corrected chi connectivity index (χ1v) is 4.24. The molecule has 0 aliphatic carbocycles. The zero-order valence-electron chi connectivity index (χ0n) is 6.58. The number of halogens is 1. The van der Waals surface area contributed by atoms with Crippen molar-refractivity contribution >= 4 is 21.9 Å². The first-order chi connectivity index (χ1) is 5.65. The van der Waals surface area contributed by atoms with Crippen molar-refractivity contribution in [1.29, 1.82) is 0 Å². The number of esters is 1. The highest BCUT2D eigenvalue weighted by Crippen LogP contribution is 2.13. The highest BCUT2D eigenvalue weighted by molar-refractivity contribution is 9.10. The Hall–Kier alpha value is -0.970. The molecule has 5 heteroatoms. The minimum absolute atomic E-state index is 0.337. The van der Waals surface area contributed by atoms with Crippen LogP contribution >= 0.6 is 15.9 Å². The Bertz CT molecular complexity index is 296. The largest absolute Gasteiger partial charge is 0.461 e. The van der Waals surface area contributed by atoms with E-state index in [2.05, 4.69) is 15.9 Å². The molecule has 1 rings (SSSR count). The maximum Gasteiger partial charge on any atom is 0.356 e. The van der Waals surface area contributed by atoms with Crippen molar-refractivity contribution in [1.82, 2.24) is 4.68 Å². The Morgan fingerprint density at radius 3 is 2.92 bits per heavy atom. The van der Waals surface area contributed by atoms with Crippen molar-refractivity contribution < 1.29 is 9.53 Å². The Kier molecular flexibility index (Phi) is 2.75. The number of nitrogen functional groups attached to an aromatic ring is 1. The van der Waals surface area contributed by atoms with Crippen LogP contribution in [0.3, 0.4) is 0 Å². The lowest BCUT2D eigenvalue weighted by Gasteiger charge is -2.01. The van der Waals surface area contributed by atoms with E-state index in [1.54, 1.807) is 19.2 Å². The van der Waals surface area contributed by atoms with Crippen LogP contribution in [-0.2, 0) is 4.74 Å². The normalized spacial score (nSPS) is 9.83. The average Bonchev–Trinajstić information content (AvgIpc) is 2.30. The summed E-state index contributed by atoms with van der Waals surface area (Å²) in [6, 6.07) is 1.61. The molecule has 0 atom stereocenters. The van der Waals surface area contributed by atoms with Gasteiger partial charge in [0.15, 0.2) is 0 Å². The second-order valence-electron chi connectivity index (χ2n) is 2.17. The Morgan fingerprint density at radius 2 is 2.50 bits per heavy atom. The summed E-state index contributed by atoms with van der Waals surface area (Å²) in [4.78, 5) is 11.1. The van der Waals surface area contributed by atoms with Crippen LogP contribution in [0, 0.1) is 0 Å². The lowest BCUT2D eigenvalue weighted by Crippen LogP contribution is -2.16. The molecule has 0 bridgehead atoms. The third kappa shape index (κ3) is 1.79. The standard InChI is InChI=1S/C7H9BrN2O2/c1-2-12-7(11)6-3-5(8)4-10(6)9/h3-4H,2,9H2,1H3. The third-order valence-electron chi connectivity index (χ3n) is 1.30. The molecule has 0 fully saturated rings. The van der Waals surface area contributed by atoms with Crippen molar-refractivity contribution in [3.63, 3.8) is 0 Å². The van der Waals surface area contributed by atoms with Crippen LogP contribution in [0.1, 0.15) is 17.4 Å². The molecule has 0 aliphatic heterocycles. The molecule has 66 valence electrons. The number of ether oxygens (including phenoxy) is 1. The summed E-state index contributed by atoms with van der Waals surface area (Å²) in [5.41, 5.74) is 0.337. The van der Waals surface area contributed by atoms with E-state index in [0.717, 1.165) is 4.47 Å². The summed E-state index contributed by atoms with van der Waals surface area (Å²) >= 11 is 3.19. The van der Waals surface area contributed by atoms with Gasteiger partial charge in [0, 0.05) is 10.7 Å². The van der Waals surface area contributed by atoms with E-state index in [0.29, 0.717) is 12.3 Å². The second-order valence-corrected chi connectivity index (χ2v) is 3.09. The Balaban J connectivity index is 2.87. The minimum atomic E-state index is -0.411. The lowest BCUT2D eigenvalue weighted by molar-refractivity contribution is 0.0516. The monoisotopic (exact) mass is 232 g/mol. The van der Waals surface area contributed by atoms with Crippen LogP contribution in [0.4, 0.5) is 0 Å². The summed E-state index contributed by atoms with van der Waals surface area (Å²) in [6.07, 6.45) is 1.59. The number of carbonyl (C=O) groups excluding carboxylic acids is 1. The van der Waals surface area contributed by atoms with Gasteiger partial charge in [-0.2, -0.15) is 0 Å². The molecule has 0 amide bonds. The van der Waals surface area contributed by atoms with Crippen LogP contribution in [0.25, 0.3) is 0 Å². The van der Waals surface area contributed by atoms with E-state index in [-0.39, 0.29) is 0 Å². The van der Waals surface area contributed by atoms with E-state index in [9.17, 15) is 4.79 Å². The molecule has 1 heterocycles. The first-order valence-electron chi connectivity index (χ1n) is 3.45. The van der Waals surface area contributed by atoms with Crippen LogP contribution in [-0.4, -0.2) is 17.3 Å². The number of rotatable bonds is 2. The number of hydrogen-bond donors (Lipinski definition) is 1. The predicted molar refractivity (Wildman–Crippen MR) is 48.2 cm³/mol. The summed E-state index contributed by atoms with van der Waals surface area (Å²) in [5, 5.41) is 0. The van der Waals surface area contributed by atoms with E-state index < -0.39 is 5.97 Å². The van der Waals surface area contributed by atoms with Gasteiger partial charge in [-0.25, -0.2) is 4.79 Å². The predicted octanol–water partition coefficient (Wildman–Crippen LogP) is 1.14. The molecule has 1 aromatic heterocycles. The van der Waals surface area contributed by atoms with E-state index in [1.165, 1.54) is 4.68 Å². The minimum Gasteiger partial charge on any atom is -0.461 e. The van der Waals surface area contributed by atoms with Gasteiger partial charge >= 0.3 is 5.97 Å². The first kappa shape index (κ1) is 9.12. The topological polar surface area (TPSA) is 57.2 Å². The molecule has 0 spiro atoms. The quantitative estimate of drug-likeness (QED) is 0.615. The summed E-state index contributed by atoms with van der Waals surface area (Å²) < 4.78 is 6.74. The third-order valence-corrected chi connectivity index (χ3v) is 1.73. The van der Waals surface area contributed by atoms with Crippen LogP contribution in [0.5, 0.6) is 0 Å². The molecule has 4 nitrogen and oxygen atoms in total. The number of nitrogens with two attached hydrogens (primary N) is 1. The molecule has 2 N–H and O–H groups in total. The van der Waals surface area contributed by atoms with Crippen molar-refractivity contribution in [3.8, 4) is 0 Å². The van der Waals surface area contributed by atoms with Gasteiger partial charge in [-0.3, -0.25) is 4.68 Å². The van der Waals surface area contributed by atoms with Crippen molar-refractivity contribution in [2.75, 3.05) is 12.4 Å². The molecular formula is C7H9BrN2O2. The van der Waals surface area contributed by atoms with Crippen molar-refractivity contribution in [3.05, 3.63) is 22.4 Å². The maximum atomic E-state index is 11.1. The van der Waals surface area contributed by atoms with Gasteiger partial charge in [-0.1, -0.05) is 0 Å². The second kappa shape index (κ2) is 3.62. The Labute approximate surface area is 78.4 Å². The average molecular weight is 233 g/mol. The SMILES string of the molecule is CCOC(=O)c1cc(Br)cn1N. The molecular weight excluding hydrogens is 224 g/mol. The van der Waals surface area contributed by atoms with Gasteiger partial charge in [-0.05, 0) is 28.9 Å². The van der Waals surface area contributed by atoms with Crippen LogP contribution in [0.15, 0.2) is 16.7 Å². The summed E-state index contributed by atoms with van der Waals surface area (Å²) in [5.74, 6) is 5.05. The molecule has 0 aromatic carbocycles. The van der Waals surface area contributed by atoms with E-state index in [1.807, 2.05) is 0 Å². The van der Waals surface area contributed by atoms with Gasteiger partial charge in [-0.15, -0.1) is 0 Å². The van der Waals surface area contributed by atoms with Crippen LogP contribution in [0.2, 0.25) is 0 Å². The van der Waals surface area contributed by atoms with Gasteiger partial charge in [0.05, 0.1) is 6.61 Å². The van der Waals surface area contributed by atoms with Gasteiger partial charge < -0.3 is 10.6 Å². The zero-order valence-corrected chi connectivity index (χ0v) is 8.17. The van der Waals surface area contributed by atoms with Crippen LogP contribution < -0.4 is 5.84 Å². The molecule has 0 unspecified atom stereocenters. The number of nitrogens with zero attached hydrogens (tertiary/aromatic N) is 1. The van der Waals surface area contributed by atoms with Crippen molar-refractivity contribution in [2.45, 2.75) is 6.92 Å². The van der Waals surface area contributed by atoms with Crippen molar-refractivity contribution in [2.24, 2.45) is 0 Å². The Morgan fingerprint density at radius 1 is 1.83 bits per heavy atom. The van der Waals surface area contributed by atoms with E-state index >= 15 is 0 Å². The smallest absolute Gasteiger partial charge is 0.356 e. The van der Waals surface area contributed by atoms with Gasteiger partial charge in [0.1, 0.15) is 5.69 Å². The van der Waals surface area contributed by atoms with E-state index in [4.69, 9.17) is 10.6 Å². The number of aromatic nitrogens is 1. The van der Waals surface area contributed by atoms with Gasteiger partial charge in [0.25, 0.3) is 0 Å². The molecule has 0 saturated heterocycles. The number of carbonyl (C=O) groups is 1. The summed E-state index contributed by atoms with van der Waals surface area (Å²) in [7, 11) is 0. The molecule has 1 aromatic rings. The summed E-state index contributed by atoms with van der Waals surface area (Å²) in [6.45, 7) is 2.10. The fourth-order valence-electron chi connectivity index (χ4n) is 0.814. The van der Waals surface area contributed by atoms with Gasteiger partial charge in [0.2, 0.25) is 0 Å². The number of hydrogen-bond acceptors (Lipinski definition) is 3. The molecule has 0 saturated carbocycles.